The van der Waals surface area contributed by atoms with Gasteiger partial charge >= 0.3 is 0 Å². The van der Waals surface area contributed by atoms with Gasteiger partial charge in [-0.1, -0.05) is 48.5 Å². The summed E-state index contributed by atoms with van der Waals surface area (Å²) in [4.78, 5) is 16.3. The van der Waals surface area contributed by atoms with Crippen molar-refractivity contribution in [3.63, 3.8) is 0 Å². The number of benzene rings is 2. The minimum Gasteiger partial charge on any atom is -0.360 e. The van der Waals surface area contributed by atoms with Crippen molar-refractivity contribution in [1.29, 1.82) is 0 Å². The van der Waals surface area contributed by atoms with Gasteiger partial charge in [0, 0.05) is 41.1 Å². The summed E-state index contributed by atoms with van der Waals surface area (Å²) in [7, 11) is 0. The molecule has 0 saturated heterocycles. The molecule has 0 bridgehead atoms. The van der Waals surface area contributed by atoms with E-state index in [9.17, 15) is 4.79 Å². The Balaban J connectivity index is 1.73. The Morgan fingerprint density at radius 2 is 1.77 bits per heavy atom. The van der Waals surface area contributed by atoms with Gasteiger partial charge in [0.05, 0.1) is 6.04 Å². The molecule has 0 spiro atoms. The number of fused-ring (bicyclic) bond motifs is 1. The SMILES string of the molecule is O=C(c1c[nH]c2ccccc12)[C@H]([NH2+]C1CC1)c1ccccc1. The first kappa shape index (κ1) is 13.3. The lowest BCUT2D eigenvalue weighted by Crippen LogP contribution is -2.88. The molecule has 2 aromatic carbocycles. The van der Waals surface area contributed by atoms with Gasteiger partial charge < -0.3 is 10.3 Å². The van der Waals surface area contributed by atoms with E-state index in [-0.39, 0.29) is 11.8 Å². The second kappa shape index (κ2) is 5.43. The molecule has 0 radical (unpaired) electrons. The number of nitrogens with two attached hydrogens (primary N) is 1. The van der Waals surface area contributed by atoms with Crippen molar-refractivity contribution in [3.05, 3.63) is 71.9 Å². The number of hydrogen-bond acceptors (Lipinski definition) is 1. The molecule has 1 aromatic heterocycles. The summed E-state index contributed by atoms with van der Waals surface area (Å²) in [6, 6.07) is 18.5. The minimum atomic E-state index is -0.145. The van der Waals surface area contributed by atoms with E-state index in [1.165, 1.54) is 12.8 Å². The first-order valence-electron chi connectivity index (χ1n) is 7.83. The number of aromatic amines is 1. The second-order valence-electron chi connectivity index (χ2n) is 6.03. The third-order valence-corrected chi connectivity index (χ3v) is 4.38. The largest absolute Gasteiger partial charge is 0.360 e. The van der Waals surface area contributed by atoms with E-state index in [1.807, 2.05) is 48.7 Å². The summed E-state index contributed by atoms with van der Waals surface area (Å²) in [6.07, 6.45) is 4.28. The predicted octanol–water partition coefficient (Wildman–Crippen LogP) is 2.82. The lowest BCUT2D eigenvalue weighted by atomic mass is 9.97. The number of para-hydroxylation sites is 1. The van der Waals surface area contributed by atoms with E-state index < -0.39 is 0 Å². The zero-order valence-electron chi connectivity index (χ0n) is 12.3. The molecule has 3 heteroatoms. The molecule has 1 saturated carbocycles. The van der Waals surface area contributed by atoms with Crippen LogP contribution in [-0.2, 0) is 0 Å². The van der Waals surface area contributed by atoms with E-state index in [1.54, 1.807) is 0 Å². The lowest BCUT2D eigenvalue weighted by Gasteiger charge is -2.14. The monoisotopic (exact) mass is 291 g/mol. The minimum absolute atomic E-state index is 0.145. The summed E-state index contributed by atoms with van der Waals surface area (Å²) < 4.78 is 0. The molecular formula is C19H19N2O+. The normalized spacial score (nSPS) is 15.8. The van der Waals surface area contributed by atoms with Gasteiger partial charge in [-0.05, 0) is 6.07 Å². The first-order valence-corrected chi connectivity index (χ1v) is 7.83. The Bertz CT molecular complexity index is 802. The average molecular weight is 291 g/mol. The number of quaternary nitrogens is 1. The van der Waals surface area contributed by atoms with Gasteiger partial charge in [0.25, 0.3) is 0 Å². The van der Waals surface area contributed by atoms with Gasteiger partial charge in [0.15, 0.2) is 6.04 Å². The van der Waals surface area contributed by atoms with Crippen LogP contribution >= 0.6 is 0 Å². The highest BCUT2D eigenvalue weighted by Crippen LogP contribution is 2.24. The molecule has 0 amide bonds. The Hall–Kier alpha value is -2.39. The number of H-pyrrole nitrogens is 1. The van der Waals surface area contributed by atoms with Crippen LogP contribution in [0.25, 0.3) is 10.9 Å². The van der Waals surface area contributed by atoms with Gasteiger partial charge in [0.2, 0.25) is 5.78 Å². The van der Waals surface area contributed by atoms with Gasteiger partial charge in [-0.25, -0.2) is 0 Å². The highest BCUT2D eigenvalue weighted by molar-refractivity contribution is 6.09. The fourth-order valence-electron chi connectivity index (χ4n) is 3.01. The molecular weight excluding hydrogens is 272 g/mol. The highest BCUT2D eigenvalue weighted by atomic mass is 16.1. The Kier molecular flexibility index (Phi) is 3.28. The third-order valence-electron chi connectivity index (χ3n) is 4.38. The van der Waals surface area contributed by atoms with Crippen LogP contribution in [0.2, 0.25) is 0 Å². The molecule has 4 rings (SSSR count). The zero-order valence-corrected chi connectivity index (χ0v) is 12.3. The summed E-state index contributed by atoms with van der Waals surface area (Å²) in [5.74, 6) is 0.190. The zero-order chi connectivity index (χ0) is 14.9. The van der Waals surface area contributed by atoms with Crippen molar-refractivity contribution in [3.8, 4) is 0 Å². The summed E-state index contributed by atoms with van der Waals surface area (Å²) in [6.45, 7) is 0. The number of carbonyl (C=O) groups is 1. The van der Waals surface area contributed by atoms with Gasteiger partial charge in [-0.2, -0.15) is 0 Å². The van der Waals surface area contributed by atoms with E-state index in [4.69, 9.17) is 0 Å². The summed E-state index contributed by atoms with van der Waals surface area (Å²) >= 11 is 0. The molecule has 1 aliphatic carbocycles. The Morgan fingerprint density at radius 1 is 1.05 bits per heavy atom. The van der Waals surface area contributed by atoms with Crippen LogP contribution in [0.3, 0.4) is 0 Å². The molecule has 3 N–H and O–H groups in total. The summed E-state index contributed by atoms with van der Waals surface area (Å²) in [5, 5.41) is 3.25. The molecule has 1 atom stereocenters. The Morgan fingerprint density at radius 3 is 2.55 bits per heavy atom. The number of rotatable bonds is 5. The average Bonchev–Trinajstić information content (AvgIpc) is 3.29. The van der Waals surface area contributed by atoms with E-state index in [2.05, 4.69) is 22.4 Å². The van der Waals surface area contributed by atoms with E-state index in [0.717, 1.165) is 22.0 Å². The van der Waals surface area contributed by atoms with Crippen molar-refractivity contribution in [2.24, 2.45) is 0 Å². The van der Waals surface area contributed by atoms with E-state index in [0.29, 0.717) is 6.04 Å². The van der Waals surface area contributed by atoms with Crippen molar-refractivity contribution in [1.82, 2.24) is 4.98 Å². The maximum atomic E-state index is 13.1. The molecule has 1 aliphatic rings. The maximum Gasteiger partial charge on any atom is 0.226 e. The lowest BCUT2D eigenvalue weighted by molar-refractivity contribution is -0.694. The smallest absolute Gasteiger partial charge is 0.226 e. The third kappa shape index (κ3) is 2.44. The van der Waals surface area contributed by atoms with Crippen LogP contribution in [0.4, 0.5) is 0 Å². The standard InChI is InChI=1S/C19H18N2O/c22-19(16-12-20-17-9-5-4-8-15(16)17)18(21-14-10-11-14)13-6-2-1-3-7-13/h1-9,12,14,18,20-21H,10-11H2/p+1/t18-/m1/s1. The molecule has 0 unspecified atom stereocenters. The molecule has 3 nitrogen and oxygen atoms in total. The number of ketones is 1. The number of aromatic nitrogens is 1. The van der Waals surface area contributed by atoms with Crippen LogP contribution in [0, 0.1) is 0 Å². The van der Waals surface area contributed by atoms with E-state index >= 15 is 0 Å². The van der Waals surface area contributed by atoms with Crippen LogP contribution in [0.15, 0.2) is 60.8 Å². The topological polar surface area (TPSA) is 49.5 Å². The van der Waals surface area contributed by atoms with Crippen molar-refractivity contribution < 1.29 is 10.1 Å². The first-order chi connectivity index (χ1) is 10.8. The molecule has 110 valence electrons. The molecule has 22 heavy (non-hydrogen) atoms. The number of hydrogen-bond donors (Lipinski definition) is 2. The van der Waals surface area contributed by atoms with Gasteiger partial charge in [-0.3, -0.25) is 4.79 Å². The number of Topliss-reactive ketones (excluding diaryl/α,β-unsaturated/α-hetero) is 1. The predicted molar refractivity (Wildman–Crippen MR) is 86.8 cm³/mol. The van der Waals surface area contributed by atoms with Crippen LogP contribution < -0.4 is 5.32 Å². The number of carbonyl (C=O) groups excluding carboxylic acids is 1. The maximum absolute atomic E-state index is 13.1. The van der Waals surface area contributed by atoms with Gasteiger partial charge in [0.1, 0.15) is 0 Å². The fraction of sp³-hybridized carbons (Fsp3) is 0.211. The molecule has 0 aliphatic heterocycles. The molecule has 3 aromatic rings. The van der Waals surface area contributed by atoms with Crippen molar-refractivity contribution >= 4 is 16.7 Å². The van der Waals surface area contributed by atoms with Crippen LogP contribution in [0.5, 0.6) is 0 Å². The van der Waals surface area contributed by atoms with Crippen molar-refractivity contribution in [2.45, 2.75) is 24.9 Å². The summed E-state index contributed by atoms with van der Waals surface area (Å²) in [5.41, 5.74) is 2.90. The molecule has 1 fully saturated rings. The quantitative estimate of drug-likeness (QED) is 0.698. The van der Waals surface area contributed by atoms with Crippen molar-refractivity contribution in [2.75, 3.05) is 0 Å². The number of nitrogens with one attached hydrogen (secondary N) is 1. The van der Waals surface area contributed by atoms with Crippen LogP contribution in [-0.4, -0.2) is 16.8 Å². The second-order valence-corrected chi connectivity index (χ2v) is 6.03. The molecule has 1 heterocycles. The van der Waals surface area contributed by atoms with Crippen LogP contribution in [0.1, 0.15) is 34.8 Å². The highest BCUT2D eigenvalue weighted by Gasteiger charge is 2.34. The van der Waals surface area contributed by atoms with Gasteiger partial charge in [-0.15, -0.1) is 0 Å². The Labute approximate surface area is 129 Å². The fourth-order valence-corrected chi connectivity index (χ4v) is 3.01.